The van der Waals surface area contributed by atoms with E-state index in [9.17, 15) is 14.4 Å². The number of para-hydroxylation sites is 1. The van der Waals surface area contributed by atoms with Gasteiger partial charge in [-0.3, -0.25) is 4.79 Å². The van der Waals surface area contributed by atoms with E-state index in [0.717, 1.165) is 12.1 Å². The van der Waals surface area contributed by atoms with Gasteiger partial charge in [0.05, 0.1) is 6.54 Å². The Morgan fingerprint density at radius 3 is 1.19 bits per heavy atom. The van der Waals surface area contributed by atoms with Crippen LogP contribution < -0.4 is 33.2 Å². The fraction of sp³-hybridized carbons (Fsp3) is 0.250. The fourth-order valence-corrected chi connectivity index (χ4v) is 2.17. The summed E-state index contributed by atoms with van der Waals surface area (Å²) in [6.07, 6.45) is 2.28. The molecule has 0 aromatic heterocycles. The molecule has 0 unspecified atom stereocenters. The standard InChI is InChI=1S/C13H12.C8H10N2O.C3H8.2C2H6N2O/c1-3-7-12(8-4-1)11-13-9-5-2-6-10-13;9-8(11)6-10-7-4-2-1-3-5-7;1-3-2;2*1-4-2(3)5/h1-10H,11H2;1-5,10H,6H2,(H2,9,11);3H2,1-2H3;2*1H3,(H3,3,4,5). The molecule has 0 bridgehead atoms. The minimum atomic E-state index is -0.495. The van der Waals surface area contributed by atoms with Crippen LogP contribution in [0.15, 0.2) is 91.0 Å². The number of carbonyl (C=O) groups excluding carboxylic acids is 3. The van der Waals surface area contributed by atoms with Gasteiger partial charge in [-0.2, -0.15) is 0 Å². The van der Waals surface area contributed by atoms with Crippen molar-refractivity contribution in [2.75, 3.05) is 26.0 Å². The van der Waals surface area contributed by atoms with Crippen molar-refractivity contribution in [3.8, 4) is 0 Å². The van der Waals surface area contributed by atoms with Crippen LogP contribution in [0.2, 0.25) is 0 Å². The first kappa shape index (κ1) is 34.6. The van der Waals surface area contributed by atoms with E-state index in [2.05, 4.69) is 102 Å². The molecule has 37 heavy (non-hydrogen) atoms. The lowest BCUT2D eigenvalue weighted by atomic mass is 10.1. The zero-order valence-corrected chi connectivity index (χ0v) is 22.2. The molecule has 9 N–H and O–H groups in total. The van der Waals surface area contributed by atoms with Gasteiger partial charge >= 0.3 is 12.1 Å². The third-order valence-electron chi connectivity index (χ3n) is 3.83. The summed E-state index contributed by atoms with van der Waals surface area (Å²) < 4.78 is 0. The first-order chi connectivity index (χ1) is 17.7. The molecule has 0 fully saturated rings. The quantitative estimate of drug-likeness (QED) is 0.307. The number of amides is 5. The lowest BCUT2D eigenvalue weighted by Gasteiger charge is -2.01. The molecule has 0 saturated heterocycles. The van der Waals surface area contributed by atoms with Gasteiger partial charge in [0.2, 0.25) is 5.91 Å². The monoisotopic (exact) mass is 510 g/mol. The summed E-state index contributed by atoms with van der Waals surface area (Å²) in [7, 11) is 2.95. The number of anilines is 1. The van der Waals surface area contributed by atoms with Crippen LogP contribution in [-0.2, 0) is 11.2 Å². The van der Waals surface area contributed by atoms with Gasteiger partial charge in [0.1, 0.15) is 0 Å². The Hall–Kier alpha value is -4.53. The Balaban J connectivity index is 0. The minimum Gasteiger partial charge on any atom is -0.376 e. The number of hydrogen-bond donors (Lipinski definition) is 6. The van der Waals surface area contributed by atoms with Gasteiger partial charge in [-0.05, 0) is 29.7 Å². The molecule has 0 atom stereocenters. The van der Waals surface area contributed by atoms with Crippen LogP contribution >= 0.6 is 0 Å². The van der Waals surface area contributed by atoms with Crippen molar-refractivity contribution < 1.29 is 14.4 Å². The number of urea groups is 2. The molecule has 3 aromatic rings. The highest BCUT2D eigenvalue weighted by atomic mass is 16.2. The zero-order chi connectivity index (χ0) is 28.3. The van der Waals surface area contributed by atoms with Crippen molar-refractivity contribution in [2.24, 2.45) is 17.2 Å². The third-order valence-corrected chi connectivity index (χ3v) is 3.83. The van der Waals surface area contributed by atoms with Crippen LogP contribution in [0, 0.1) is 0 Å². The van der Waals surface area contributed by atoms with Crippen molar-refractivity contribution >= 4 is 23.7 Å². The highest BCUT2D eigenvalue weighted by Crippen LogP contribution is 2.08. The highest BCUT2D eigenvalue weighted by Gasteiger charge is 1.93. The second-order valence-corrected chi connectivity index (χ2v) is 7.27. The van der Waals surface area contributed by atoms with Gasteiger partial charge in [-0.15, -0.1) is 0 Å². The molecule has 0 radical (unpaired) electrons. The molecule has 5 amide bonds. The Bertz CT molecular complexity index is 904. The van der Waals surface area contributed by atoms with E-state index >= 15 is 0 Å². The number of nitrogens with one attached hydrogen (secondary N) is 3. The second-order valence-electron chi connectivity index (χ2n) is 7.27. The number of hydrogen-bond acceptors (Lipinski definition) is 4. The van der Waals surface area contributed by atoms with Crippen molar-refractivity contribution in [1.29, 1.82) is 0 Å². The number of primary amides is 3. The lowest BCUT2D eigenvalue weighted by Crippen LogP contribution is -2.24. The smallest absolute Gasteiger partial charge is 0.311 e. The van der Waals surface area contributed by atoms with E-state index in [1.54, 1.807) is 0 Å². The molecule has 9 nitrogen and oxygen atoms in total. The predicted molar refractivity (Wildman–Crippen MR) is 153 cm³/mol. The molecule has 0 aliphatic rings. The number of carbonyl (C=O) groups is 3. The maximum Gasteiger partial charge on any atom is 0.311 e. The van der Waals surface area contributed by atoms with Crippen LogP contribution in [0.4, 0.5) is 15.3 Å². The summed E-state index contributed by atoms with van der Waals surface area (Å²) in [4.78, 5) is 29.3. The van der Waals surface area contributed by atoms with Gasteiger partial charge < -0.3 is 33.2 Å². The largest absolute Gasteiger partial charge is 0.376 e. The molecular weight excluding hydrogens is 468 g/mol. The van der Waals surface area contributed by atoms with Crippen LogP contribution in [-0.4, -0.2) is 38.6 Å². The van der Waals surface area contributed by atoms with Crippen molar-refractivity contribution in [1.82, 2.24) is 10.6 Å². The van der Waals surface area contributed by atoms with Crippen LogP contribution in [0.25, 0.3) is 0 Å². The Morgan fingerprint density at radius 1 is 0.622 bits per heavy atom. The molecule has 202 valence electrons. The van der Waals surface area contributed by atoms with Crippen LogP contribution in [0.3, 0.4) is 0 Å². The summed E-state index contributed by atoms with van der Waals surface area (Å²) in [5.74, 6) is -0.353. The van der Waals surface area contributed by atoms with Gasteiger partial charge in [0, 0.05) is 19.8 Å². The number of nitrogens with two attached hydrogens (primary N) is 3. The zero-order valence-electron chi connectivity index (χ0n) is 22.2. The maximum atomic E-state index is 10.3. The molecule has 3 aromatic carbocycles. The van der Waals surface area contributed by atoms with E-state index < -0.39 is 12.1 Å². The summed E-state index contributed by atoms with van der Waals surface area (Å²) >= 11 is 0. The van der Waals surface area contributed by atoms with E-state index in [-0.39, 0.29) is 12.5 Å². The molecule has 0 heterocycles. The Kier molecular flexibility index (Phi) is 23.0. The lowest BCUT2D eigenvalue weighted by molar-refractivity contribution is -0.116. The van der Waals surface area contributed by atoms with Crippen LogP contribution in [0.1, 0.15) is 31.4 Å². The average molecular weight is 511 g/mol. The topological polar surface area (TPSA) is 165 Å². The average Bonchev–Trinajstić information content (AvgIpc) is 2.91. The maximum absolute atomic E-state index is 10.3. The van der Waals surface area contributed by atoms with E-state index in [1.165, 1.54) is 31.6 Å². The number of benzene rings is 3. The first-order valence-corrected chi connectivity index (χ1v) is 11.8. The summed E-state index contributed by atoms with van der Waals surface area (Å²) in [5.41, 5.74) is 17.7. The second kappa shape index (κ2) is 24.6. The number of rotatable bonds is 5. The van der Waals surface area contributed by atoms with Gasteiger partial charge in [0.15, 0.2) is 0 Å². The summed E-state index contributed by atoms with van der Waals surface area (Å²) in [6, 6.07) is 29.5. The summed E-state index contributed by atoms with van der Waals surface area (Å²) in [5, 5.41) is 7.20. The molecule has 0 aliphatic heterocycles. The van der Waals surface area contributed by atoms with Crippen LogP contribution in [0.5, 0.6) is 0 Å². The third kappa shape index (κ3) is 25.9. The molecule has 3 rings (SSSR count). The van der Waals surface area contributed by atoms with Crippen molar-refractivity contribution in [2.45, 2.75) is 26.7 Å². The van der Waals surface area contributed by atoms with Gasteiger partial charge in [0.25, 0.3) is 0 Å². The van der Waals surface area contributed by atoms with E-state index in [4.69, 9.17) is 5.73 Å². The SMILES string of the molecule is CCC.CNC(N)=O.CNC(N)=O.NC(=O)CNc1ccccc1.c1ccc(Cc2ccccc2)cc1. The van der Waals surface area contributed by atoms with E-state index in [1.807, 2.05) is 30.3 Å². The predicted octanol–water partition coefficient (Wildman–Crippen LogP) is 3.85. The molecule has 9 heteroatoms. The minimum absolute atomic E-state index is 0.185. The van der Waals surface area contributed by atoms with Crippen molar-refractivity contribution in [3.63, 3.8) is 0 Å². The Labute approximate surface area is 220 Å². The molecule has 0 saturated carbocycles. The van der Waals surface area contributed by atoms with E-state index in [0.29, 0.717) is 0 Å². The molecule has 0 spiro atoms. The van der Waals surface area contributed by atoms with Gasteiger partial charge in [-0.1, -0.05) is 99.1 Å². The fourth-order valence-electron chi connectivity index (χ4n) is 2.17. The normalized spacial score (nSPS) is 8.43. The first-order valence-electron chi connectivity index (χ1n) is 11.8. The molecule has 0 aliphatic carbocycles. The molecular formula is C28H42N6O3. The van der Waals surface area contributed by atoms with Gasteiger partial charge in [-0.25, -0.2) is 9.59 Å². The van der Waals surface area contributed by atoms with Crippen molar-refractivity contribution in [3.05, 3.63) is 102 Å². The Morgan fingerprint density at radius 2 is 0.919 bits per heavy atom. The summed E-state index contributed by atoms with van der Waals surface area (Å²) in [6.45, 7) is 4.43. The highest BCUT2D eigenvalue weighted by molar-refractivity contribution is 5.78.